The third kappa shape index (κ3) is 3.53. The Labute approximate surface area is 138 Å². The number of nitrogens with one attached hydrogen (secondary N) is 1. The summed E-state index contributed by atoms with van der Waals surface area (Å²) in [6.07, 6.45) is 0. The van der Waals surface area contributed by atoms with Crippen molar-refractivity contribution in [2.24, 2.45) is 0 Å². The predicted octanol–water partition coefficient (Wildman–Crippen LogP) is 3.96. The third-order valence-corrected chi connectivity index (χ3v) is 4.30. The summed E-state index contributed by atoms with van der Waals surface area (Å²) < 4.78 is 5.61. The Balaban J connectivity index is 1.66. The van der Waals surface area contributed by atoms with Gasteiger partial charge >= 0.3 is 0 Å². The number of carbonyl (C=O) groups is 1. The van der Waals surface area contributed by atoms with Gasteiger partial charge in [0, 0.05) is 22.5 Å². The van der Waals surface area contributed by atoms with Gasteiger partial charge in [-0.3, -0.25) is 4.79 Å². The minimum absolute atomic E-state index is 0.0481. The molecular weight excluding hydrogens is 310 g/mol. The normalized spacial score (nSPS) is 10.9. The maximum atomic E-state index is 12.2. The van der Waals surface area contributed by atoms with Crippen LogP contribution in [0.15, 0.2) is 40.0 Å². The molecule has 0 unspecified atom stereocenters. The van der Waals surface area contributed by atoms with Crippen LogP contribution < -0.4 is 0 Å². The number of Topliss-reactive ketones (excluding diaryl/α,β-unsaturated/α-hetero) is 1. The Kier molecular flexibility index (Phi) is 4.34. The van der Waals surface area contributed by atoms with Gasteiger partial charge in [0.05, 0.1) is 5.75 Å². The number of carbonyl (C=O) groups excluding carboxylic acids is 1. The zero-order chi connectivity index (χ0) is 16.4. The molecular formula is C17H17N3O2S. The number of nitrogens with zero attached hydrogens (tertiary/aromatic N) is 2. The molecule has 5 nitrogen and oxygen atoms in total. The van der Waals surface area contributed by atoms with Crippen molar-refractivity contribution in [3.63, 3.8) is 0 Å². The van der Waals surface area contributed by atoms with E-state index in [0.29, 0.717) is 16.7 Å². The predicted molar refractivity (Wildman–Crippen MR) is 89.8 cm³/mol. The summed E-state index contributed by atoms with van der Waals surface area (Å²) in [5, 5.41) is 8.43. The SMILES string of the molecule is Cc1ccc(-c2nnc(SCC(=O)c3cc(C)[nH]c3C)o2)cc1. The van der Waals surface area contributed by atoms with Crippen molar-refractivity contribution in [2.75, 3.05) is 5.75 Å². The van der Waals surface area contributed by atoms with E-state index >= 15 is 0 Å². The second-order valence-electron chi connectivity index (χ2n) is 5.44. The number of benzene rings is 1. The van der Waals surface area contributed by atoms with E-state index in [0.717, 1.165) is 17.0 Å². The summed E-state index contributed by atoms with van der Waals surface area (Å²) in [4.78, 5) is 15.4. The summed E-state index contributed by atoms with van der Waals surface area (Å²) in [7, 11) is 0. The van der Waals surface area contributed by atoms with E-state index in [1.807, 2.05) is 51.1 Å². The van der Waals surface area contributed by atoms with Gasteiger partial charge in [-0.25, -0.2) is 0 Å². The average molecular weight is 327 g/mol. The first-order chi connectivity index (χ1) is 11.0. The van der Waals surface area contributed by atoms with Crippen molar-refractivity contribution in [3.8, 4) is 11.5 Å². The standard InChI is InChI=1S/C17H17N3O2S/c1-10-4-6-13(7-5-10)16-19-20-17(22-16)23-9-15(21)14-8-11(2)18-12(14)3/h4-8,18H,9H2,1-3H3. The summed E-state index contributed by atoms with van der Waals surface area (Å²) in [6, 6.07) is 9.73. The molecule has 1 N–H and O–H groups in total. The first-order valence-electron chi connectivity index (χ1n) is 7.25. The molecule has 0 spiro atoms. The quantitative estimate of drug-likeness (QED) is 0.567. The summed E-state index contributed by atoms with van der Waals surface area (Å²) in [5.74, 6) is 0.786. The van der Waals surface area contributed by atoms with E-state index in [9.17, 15) is 4.79 Å². The number of rotatable bonds is 5. The Morgan fingerprint density at radius 1 is 1.17 bits per heavy atom. The molecule has 3 rings (SSSR count). The molecule has 0 saturated heterocycles. The van der Waals surface area contributed by atoms with Gasteiger partial charge < -0.3 is 9.40 Å². The second-order valence-corrected chi connectivity index (χ2v) is 6.37. The van der Waals surface area contributed by atoms with Gasteiger partial charge in [-0.05, 0) is 39.0 Å². The van der Waals surface area contributed by atoms with E-state index in [-0.39, 0.29) is 11.5 Å². The molecule has 0 atom stereocenters. The van der Waals surface area contributed by atoms with Crippen LogP contribution in [-0.4, -0.2) is 26.7 Å². The van der Waals surface area contributed by atoms with Crippen LogP contribution in [-0.2, 0) is 0 Å². The number of thioether (sulfide) groups is 1. The highest BCUT2D eigenvalue weighted by molar-refractivity contribution is 7.99. The lowest BCUT2D eigenvalue weighted by Crippen LogP contribution is -2.02. The van der Waals surface area contributed by atoms with Crippen LogP contribution in [0.3, 0.4) is 0 Å². The molecule has 0 aliphatic carbocycles. The van der Waals surface area contributed by atoms with Crippen molar-refractivity contribution >= 4 is 17.5 Å². The van der Waals surface area contributed by atoms with E-state index in [2.05, 4.69) is 15.2 Å². The number of ketones is 1. The largest absolute Gasteiger partial charge is 0.411 e. The number of hydrogen-bond acceptors (Lipinski definition) is 5. The fourth-order valence-electron chi connectivity index (χ4n) is 2.30. The van der Waals surface area contributed by atoms with Gasteiger partial charge in [-0.15, -0.1) is 10.2 Å². The molecule has 2 heterocycles. The third-order valence-electron chi connectivity index (χ3n) is 3.48. The number of aromatic amines is 1. The molecule has 0 radical (unpaired) electrons. The van der Waals surface area contributed by atoms with Crippen molar-refractivity contribution in [3.05, 3.63) is 52.8 Å². The van der Waals surface area contributed by atoms with Crippen molar-refractivity contribution < 1.29 is 9.21 Å². The maximum Gasteiger partial charge on any atom is 0.277 e. The highest BCUT2D eigenvalue weighted by atomic mass is 32.2. The van der Waals surface area contributed by atoms with Crippen LogP contribution in [0.5, 0.6) is 0 Å². The smallest absolute Gasteiger partial charge is 0.277 e. The van der Waals surface area contributed by atoms with Gasteiger partial charge in [0.1, 0.15) is 0 Å². The van der Waals surface area contributed by atoms with Gasteiger partial charge in [0.25, 0.3) is 5.22 Å². The van der Waals surface area contributed by atoms with Crippen molar-refractivity contribution in [1.82, 2.24) is 15.2 Å². The molecule has 1 aromatic carbocycles. The van der Waals surface area contributed by atoms with Gasteiger partial charge in [-0.2, -0.15) is 0 Å². The molecule has 23 heavy (non-hydrogen) atoms. The molecule has 0 amide bonds. The topological polar surface area (TPSA) is 71.8 Å². The average Bonchev–Trinajstić information content (AvgIpc) is 3.12. The van der Waals surface area contributed by atoms with Gasteiger partial charge in [0.15, 0.2) is 5.78 Å². The van der Waals surface area contributed by atoms with Crippen LogP contribution in [0.4, 0.5) is 0 Å². The van der Waals surface area contributed by atoms with E-state index in [4.69, 9.17) is 4.42 Å². The molecule has 0 aliphatic rings. The fourth-order valence-corrected chi connectivity index (χ4v) is 2.95. The Bertz CT molecular complexity index is 834. The van der Waals surface area contributed by atoms with Crippen molar-refractivity contribution in [1.29, 1.82) is 0 Å². The zero-order valence-corrected chi connectivity index (χ0v) is 14.0. The molecule has 0 bridgehead atoms. The number of aromatic nitrogens is 3. The fraction of sp³-hybridized carbons (Fsp3) is 0.235. The van der Waals surface area contributed by atoms with E-state index < -0.39 is 0 Å². The van der Waals surface area contributed by atoms with Crippen molar-refractivity contribution in [2.45, 2.75) is 26.0 Å². The van der Waals surface area contributed by atoms with Crippen LogP contribution in [0, 0.1) is 20.8 Å². The molecule has 118 valence electrons. The second kappa shape index (κ2) is 6.42. The highest BCUT2D eigenvalue weighted by Crippen LogP contribution is 2.24. The van der Waals surface area contributed by atoms with E-state index in [1.54, 1.807) is 0 Å². The number of H-pyrrole nitrogens is 1. The molecule has 3 aromatic rings. The van der Waals surface area contributed by atoms with Gasteiger partial charge in [-0.1, -0.05) is 29.5 Å². The van der Waals surface area contributed by atoms with Crippen LogP contribution in [0.25, 0.3) is 11.5 Å². The van der Waals surface area contributed by atoms with Crippen LogP contribution in [0.2, 0.25) is 0 Å². The number of hydrogen-bond donors (Lipinski definition) is 1. The zero-order valence-electron chi connectivity index (χ0n) is 13.2. The number of aryl methyl sites for hydroxylation is 3. The van der Waals surface area contributed by atoms with E-state index in [1.165, 1.54) is 17.3 Å². The Morgan fingerprint density at radius 2 is 1.91 bits per heavy atom. The van der Waals surface area contributed by atoms with Crippen LogP contribution >= 0.6 is 11.8 Å². The molecule has 0 aliphatic heterocycles. The lowest BCUT2D eigenvalue weighted by Gasteiger charge is -1.97. The summed E-state index contributed by atoms with van der Waals surface area (Å²) in [5.41, 5.74) is 4.63. The minimum atomic E-state index is 0.0481. The van der Waals surface area contributed by atoms with Crippen LogP contribution in [0.1, 0.15) is 27.3 Å². The summed E-state index contributed by atoms with van der Waals surface area (Å²) >= 11 is 1.26. The lowest BCUT2D eigenvalue weighted by atomic mass is 10.1. The lowest BCUT2D eigenvalue weighted by molar-refractivity contribution is 0.102. The maximum absolute atomic E-state index is 12.2. The Hall–Kier alpha value is -2.34. The summed E-state index contributed by atoms with van der Waals surface area (Å²) in [6.45, 7) is 5.85. The first-order valence-corrected chi connectivity index (χ1v) is 8.24. The first kappa shape index (κ1) is 15.6. The monoisotopic (exact) mass is 327 g/mol. The minimum Gasteiger partial charge on any atom is -0.411 e. The molecule has 0 saturated carbocycles. The van der Waals surface area contributed by atoms with Gasteiger partial charge in [0.2, 0.25) is 5.89 Å². The Morgan fingerprint density at radius 3 is 2.57 bits per heavy atom. The molecule has 0 fully saturated rings. The molecule has 2 aromatic heterocycles. The molecule has 6 heteroatoms. The highest BCUT2D eigenvalue weighted by Gasteiger charge is 2.15.